The Morgan fingerprint density at radius 1 is 1.38 bits per heavy atom. The number of carbonyl (C=O) groups is 1. The fourth-order valence-corrected chi connectivity index (χ4v) is 2.37. The summed E-state index contributed by atoms with van der Waals surface area (Å²) in [7, 11) is 1.66. The van der Waals surface area contributed by atoms with Crippen LogP contribution in [0.1, 0.15) is 38.2 Å². The van der Waals surface area contributed by atoms with Crippen molar-refractivity contribution in [2.75, 3.05) is 13.7 Å². The number of methoxy groups -OCH3 is 1. The predicted octanol–water partition coefficient (Wildman–Crippen LogP) is 2.56. The summed E-state index contributed by atoms with van der Waals surface area (Å²) < 4.78 is 5.17. The molecule has 0 aromatic heterocycles. The van der Waals surface area contributed by atoms with Gasteiger partial charge < -0.3 is 15.4 Å². The van der Waals surface area contributed by atoms with Crippen LogP contribution in [0.2, 0.25) is 0 Å². The lowest BCUT2D eigenvalue weighted by Crippen LogP contribution is -2.32. The van der Waals surface area contributed by atoms with Gasteiger partial charge in [-0.15, -0.1) is 0 Å². The van der Waals surface area contributed by atoms with Crippen molar-refractivity contribution in [2.24, 2.45) is 11.7 Å². The van der Waals surface area contributed by atoms with Gasteiger partial charge in [-0.3, -0.25) is 4.79 Å². The molecule has 0 aliphatic heterocycles. The Morgan fingerprint density at radius 3 is 2.57 bits per heavy atom. The van der Waals surface area contributed by atoms with Crippen molar-refractivity contribution in [2.45, 2.75) is 45.2 Å². The molecule has 0 saturated heterocycles. The van der Waals surface area contributed by atoms with Crippen molar-refractivity contribution >= 4 is 5.91 Å². The molecule has 2 N–H and O–H groups in total. The molecule has 2 rings (SSSR count). The van der Waals surface area contributed by atoms with E-state index in [0.29, 0.717) is 31.5 Å². The van der Waals surface area contributed by atoms with Gasteiger partial charge in [0.15, 0.2) is 0 Å². The molecule has 4 heteroatoms. The van der Waals surface area contributed by atoms with Crippen LogP contribution in [-0.4, -0.2) is 30.5 Å². The molecule has 21 heavy (non-hydrogen) atoms. The molecule has 1 aliphatic rings. The number of rotatable bonds is 8. The summed E-state index contributed by atoms with van der Waals surface area (Å²) >= 11 is 0. The van der Waals surface area contributed by atoms with Gasteiger partial charge in [-0.25, -0.2) is 0 Å². The second-order valence-electron chi connectivity index (χ2n) is 5.98. The standard InChI is InChI=1S/C17H26N2O2/c1-13(11-18)3-10-17(20)19(15-6-7-15)12-14-4-8-16(21-2)9-5-14/h4-5,8-9,13,15H,3,6-7,10-12,18H2,1-2H3. The highest BCUT2D eigenvalue weighted by Gasteiger charge is 2.32. The Morgan fingerprint density at radius 2 is 2.05 bits per heavy atom. The van der Waals surface area contributed by atoms with Crippen LogP contribution >= 0.6 is 0 Å². The van der Waals surface area contributed by atoms with Crippen LogP contribution in [0.25, 0.3) is 0 Å². The molecular formula is C17H26N2O2. The molecule has 1 unspecified atom stereocenters. The van der Waals surface area contributed by atoms with Crippen molar-refractivity contribution in [1.82, 2.24) is 4.90 Å². The second kappa shape index (κ2) is 7.46. The fraction of sp³-hybridized carbons (Fsp3) is 0.588. The van der Waals surface area contributed by atoms with Crippen molar-refractivity contribution in [3.8, 4) is 5.75 Å². The Hall–Kier alpha value is -1.55. The third-order valence-corrected chi connectivity index (χ3v) is 4.07. The summed E-state index contributed by atoms with van der Waals surface area (Å²) in [5.41, 5.74) is 6.78. The molecule has 4 nitrogen and oxygen atoms in total. The largest absolute Gasteiger partial charge is 0.497 e. The van der Waals surface area contributed by atoms with Gasteiger partial charge >= 0.3 is 0 Å². The molecule has 1 atom stereocenters. The van der Waals surface area contributed by atoms with E-state index < -0.39 is 0 Å². The van der Waals surface area contributed by atoms with Gasteiger partial charge in [-0.1, -0.05) is 19.1 Å². The molecule has 1 saturated carbocycles. The fourth-order valence-electron chi connectivity index (χ4n) is 2.37. The molecule has 0 bridgehead atoms. The molecule has 0 spiro atoms. The Balaban J connectivity index is 1.93. The maximum Gasteiger partial charge on any atom is 0.223 e. The van der Waals surface area contributed by atoms with Gasteiger partial charge in [0, 0.05) is 19.0 Å². The van der Waals surface area contributed by atoms with Gasteiger partial charge in [0.25, 0.3) is 0 Å². The van der Waals surface area contributed by atoms with E-state index in [4.69, 9.17) is 10.5 Å². The molecule has 1 amide bonds. The normalized spacial score (nSPS) is 15.6. The summed E-state index contributed by atoms with van der Waals surface area (Å²) in [6, 6.07) is 8.39. The summed E-state index contributed by atoms with van der Waals surface area (Å²) in [6.45, 7) is 3.44. The lowest BCUT2D eigenvalue weighted by atomic mass is 10.1. The van der Waals surface area contributed by atoms with E-state index in [0.717, 1.165) is 30.6 Å². The number of amides is 1. The molecule has 0 heterocycles. The molecule has 116 valence electrons. The molecule has 0 radical (unpaired) electrons. The zero-order valence-corrected chi connectivity index (χ0v) is 13.0. The van der Waals surface area contributed by atoms with Crippen molar-refractivity contribution in [3.05, 3.63) is 29.8 Å². The number of nitrogens with zero attached hydrogens (tertiary/aromatic N) is 1. The highest BCUT2D eigenvalue weighted by Crippen LogP contribution is 2.29. The van der Waals surface area contributed by atoms with Gasteiger partial charge in [-0.2, -0.15) is 0 Å². The first-order valence-corrected chi connectivity index (χ1v) is 7.76. The van der Waals surface area contributed by atoms with Crippen LogP contribution in [0.5, 0.6) is 5.75 Å². The highest BCUT2D eigenvalue weighted by molar-refractivity contribution is 5.76. The van der Waals surface area contributed by atoms with Gasteiger partial charge in [0.1, 0.15) is 5.75 Å². The Labute approximate surface area is 127 Å². The minimum Gasteiger partial charge on any atom is -0.497 e. The zero-order chi connectivity index (χ0) is 15.2. The minimum atomic E-state index is 0.258. The predicted molar refractivity (Wildman–Crippen MR) is 84.0 cm³/mol. The third-order valence-electron chi connectivity index (χ3n) is 4.07. The summed E-state index contributed by atoms with van der Waals surface area (Å²) in [5.74, 6) is 1.52. The van der Waals surface area contributed by atoms with E-state index in [-0.39, 0.29) is 5.91 Å². The van der Waals surface area contributed by atoms with Crippen LogP contribution in [0.15, 0.2) is 24.3 Å². The number of hydrogen-bond acceptors (Lipinski definition) is 3. The van der Waals surface area contributed by atoms with E-state index in [1.54, 1.807) is 7.11 Å². The van der Waals surface area contributed by atoms with E-state index in [2.05, 4.69) is 6.92 Å². The monoisotopic (exact) mass is 290 g/mol. The van der Waals surface area contributed by atoms with Gasteiger partial charge in [0.05, 0.1) is 7.11 Å². The SMILES string of the molecule is COc1ccc(CN(C(=O)CCC(C)CN)C2CC2)cc1. The quantitative estimate of drug-likeness (QED) is 0.800. The zero-order valence-electron chi connectivity index (χ0n) is 13.0. The van der Waals surface area contributed by atoms with E-state index in [1.807, 2.05) is 29.2 Å². The van der Waals surface area contributed by atoms with E-state index >= 15 is 0 Å². The van der Waals surface area contributed by atoms with Crippen LogP contribution in [0, 0.1) is 5.92 Å². The average molecular weight is 290 g/mol. The number of carbonyl (C=O) groups excluding carboxylic acids is 1. The van der Waals surface area contributed by atoms with Crippen LogP contribution in [0.4, 0.5) is 0 Å². The molecular weight excluding hydrogens is 264 g/mol. The highest BCUT2D eigenvalue weighted by atomic mass is 16.5. The smallest absolute Gasteiger partial charge is 0.223 e. The maximum absolute atomic E-state index is 12.4. The molecule has 1 fully saturated rings. The van der Waals surface area contributed by atoms with E-state index in [9.17, 15) is 4.79 Å². The maximum atomic E-state index is 12.4. The topological polar surface area (TPSA) is 55.6 Å². The number of nitrogens with two attached hydrogens (primary N) is 1. The first-order chi connectivity index (χ1) is 10.1. The number of benzene rings is 1. The number of hydrogen-bond donors (Lipinski definition) is 1. The lowest BCUT2D eigenvalue weighted by Gasteiger charge is -2.23. The second-order valence-corrected chi connectivity index (χ2v) is 5.98. The number of ether oxygens (including phenoxy) is 1. The summed E-state index contributed by atoms with van der Waals surface area (Å²) in [4.78, 5) is 14.5. The summed E-state index contributed by atoms with van der Waals surface area (Å²) in [5, 5.41) is 0. The van der Waals surface area contributed by atoms with Crippen LogP contribution in [-0.2, 0) is 11.3 Å². The van der Waals surface area contributed by atoms with E-state index in [1.165, 1.54) is 0 Å². The average Bonchev–Trinajstić information content (AvgIpc) is 3.35. The Kier molecular flexibility index (Phi) is 5.62. The Bertz CT molecular complexity index is 454. The summed E-state index contributed by atoms with van der Waals surface area (Å²) in [6.07, 6.45) is 3.74. The molecule has 1 aromatic carbocycles. The third kappa shape index (κ3) is 4.74. The van der Waals surface area contributed by atoms with Gasteiger partial charge in [0.2, 0.25) is 5.91 Å². The molecule has 1 aliphatic carbocycles. The van der Waals surface area contributed by atoms with Crippen LogP contribution < -0.4 is 10.5 Å². The van der Waals surface area contributed by atoms with Crippen LogP contribution in [0.3, 0.4) is 0 Å². The lowest BCUT2D eigenvalue weighted by molar-refractivity contribution is -0.132. The first kappa shape index (κ1) is 15.8. The van der Waals surface area contributed by atoms with Crippen molar-refractivity contribution < 1.29 is 9.53 Å². The van der Waals surface area contributed by atoms with Crippen molar-refractivity contribution in [1.29, 1.82) is 0 Å². The van der Waals surface area contributed by atoms with Gasteiger partial charge in [-0.05, 0) is 49.4 Å². The van der Waals surface area contributed by atoms with Crippen molar-refractivity contribution in [3.63, 3.8) is 0 Å². The first-order valence-electron chi connectivity index (χ1n) is 7.76. The molecule has 1 aromatic rings. The minimum absolute atomic E-state index is 0.258.